The Labute approximate surface area is 162 Å². The summed E-state index contributed by atoms with van der Waals surface area (Å²) in [5.74, 6) is -1.34. The predicted octanol–water partition coefficient (Wildman–Crippen LogP) is 1.12. The van der Waals surface area contributed by atoms with Gasteiger partial charge in [0.15, 0.2) is 11.5 Å². The van der Waals surface area contributed by atoms with Gasteiger partial charge in [-0.05, 0) is 48.7 Å². The number of benzene rings is 2. The second-order valence-electron chi connectivity index (χ2n) is 6.43. The number of hydrogen-bond acceptors (Lipinski definition) is 7. The highest BCUT2D eigenvalue weighted by atomic mass is 35.5. The molecule has 7 N–H and O–H groups in total. The average molecular weight is 417 g/mol. The number of primary sulfonamides is 1. The van der Waals surface area contributed by atoms with E-state index in [-0.39, 0.29) is 53.5 Å². The number of nitrogens with two attached hydrogens (primary N) is 1. The van der Waals surface area contributed by atoms with E-state index in [1.807, 2.05) is 0 Å². The maximum atomic E-state index is 11.6. The first kappa shape index (κ1) is 21.1. The Kier molecular flexibility index (Phi) is 6.10. The van der Waals surface area contributed by atoms with Gasteiger partial charge in [0.1, 0.15) is 16.4 Å². The highest BCUT2D eigenvalue weighted by molar-refractivity contribution is 7.89. The lowest BCUT2D eigenvalue weighted by Gasteiger charge is -2.21. The Bertz CT molecular complexity index is 951. The summed E-state index contributed by atoms with van der Waals surface area (Å²) in [6.07, 6.45) is 0.209. The van der Waals surface area contributed by atoms with Crippen LogP contribution in [0.2, 0.25) is 0 Å². The second-order valence-corrected chi connectivity index (χ2v) is 7.96. The molecule has 1 fully saturated rings. The lowest BCUT2D eigenvalue weighted by Crippen LogP contribution is -2.16. The largest absolute Gasteiger partial charge is 0.508 e. The Balaban J connectivity index is 0.00000261. The monoisotopic (exact) mass is 416 g/mol. The van der Waals surface area contributed by atoms with Crippen LogP contribution >= 0.6 is 12.4 Å². The van der Waals surface area contributed by atoms with Crippen molar-refractivity contribution in [1.29, 1.82) is 0 Å². The van der Waals surface area contributed by atoms with E-state index in [9.17, 15) is 28.8 Å². The van der Waals surface area contributed by atoms with Gasteiger partial charge in [0.25, 0.3) is 0 Å². The molecule has 3 rings (SSSR count). The van der Waals surface area contributed by atoms with Crippen LogP contribution in [0.5, 0.6) is 23.0 Å². The van der Waals surface area contributed by atoms with Crippen molar-refractivity contribution >= 4 is 22.4 Å². The van der Waals surface area contributed by atoms with E-state index in [1.165, 1.54) is 18.2 Å². The van der Waals surface area contributed by atoms with Crippen LogP contribution < -0.4 is 10.5 Å². The van der Waals surface area contributed by atoms with Crippen molar-refractivity contribution in [1.82, 2.24) is 5.32 Å². The quantitative estimate of drug-likeness (QED) is 0.408. The van der Waals surface area contributed by atoms with Crippen LogP contribution in [0.25, 0.3) is 0 Å². The summed E-state index contributed by atoms with van der Waals surface area (Å²) in [5.41, 5.74) is 0.898. The zero-order chi connectivity index (χ0) is 19.1. The van der Waals surface area contributed by atoms with E-state index in [1.54, 1.807) is 6.07 Å². The summed E-state index contributed by atoms with van der Waals surface area (Å²) < 4.78 is 23.2. The minimum absolute atomic E-state index is 0. The molecule has 10 heteroatoms. The van der Waals surface area contributed by atoms with Gasteiger partial charge in [0, 0.05) is 18.0 Å². The number of sulfonamides is 1. The maximum Gasteiger partial charge on any atom is 0.241 e. The molecule has 148 valence electrons. The molecular formula is C17H21ClN2O6S. The number of aromatic hydroxyl groups is 4. The third-order valence-electron chi connectivity index (χ3n) is 4.76. The molecule has 1 saturated heterocycles. The van der Waals surface area contributed by atoms with Gasteiger partial charge in [-0.15, -0.1) is 12.4 Å². The normalized spacial score (nSPS) is 19.6. The van der Waals surface area contributed by atoms with E-state index in [2.05, 4.69) is 5.32 Å². The smallest absolute Gasteiger partial charge is 0.241 e. The highest BCUT2D eigenvalue weighted by Gasteiger charge is 2.31. The highest BCUT2D eigenvalue weighted by Crippen LogP contribution is 2.40. The summed E-state index contributed by atoms with van der Waals surface area (Å²) in [6, 6.07) is 6.82. The van der Waals surface area contributed by atoms with Gasteiger partial charge in [0.05, 0.1) is 0 Å². The molecule has 1 heterocycles. The summed E-state index contributed by atoms with van der Waals surface area (Å²) in [4.78, 5) is -0.435. The minimum Gasteiger partial charge on any atom is -0.508 e. The first-order valence-electron chi connectivity index (χ1n) is 7.97. The van der Waals surface area contributed by atoms with Gasteiger partial charge in [-0.1, -0.05) is 6.07 Å². The lowest BCUT2D eigenvalue weighted by molar-refractivity contribution is 0.400. The summed E-state index contributed by atoms with van der Waals surface area (Å²) in [6.45, 7) is 1.18. The molecule has 0 radical (unpaired) electrons. The second kappa shape index (κ2) is 7.81. The standard InChI is InChI=1S/C17H20N2O6S.ClH/c18-26(24,25)16-4-3-13(20)11(17(16)23)5-10-7-19-8-12(10)9-1-2-14(21)15(22)6-9;/h1-4,6,10,12,19-23H,5,7-8H2,(H2,18,24,25);1H. The van der Waals surface area contributed by atoms with Gasteiger partial charge < -0.3 is 25.7 Å². The van der Waals surface area contributed by atoms with Crippen LogP contribution in [0.4, 0.5) is 0 Å². The molecule has 27 heavy (non-hydrogen) atoms. The predicted molar refractivity (Wildman–Crippen MR) is 101 cm³/mol. The van der Waals surface area contributed by atoms with Crippen molar-refractivity contribution in [2.45, 2.75) is 17.2 Å². The van der Waals surface area contributed by atoms with Crippen molar-refractivity contribution in [2.75, 3.05) is 13.1 Å². The Morgan fingerprint density at radius 3 is 2.30 bits per heavy atom. The molecule has 0 bridgehead atoms. The SMILES string of the molecule is Cl.NS(=O)(=O)c1ccc(O)c(CC2CNCC2c2ccc(O)c(O)c2)c1O. The molecule has 2 atom stereocenters. The third-order valence-corrected chi connectivity index (χ3v) is 5.70. The van der Waals surface area contributed by atoms with E-state index < -0.39 is 20.7 Å². The molecule has 2 aromatic carbocycles. The van der Waals surface area contributed by atoms with Crippen molar-refractivity contribution in [2.24, 2.45) is 11.1 Å². The summed E-state index contributed by atoms with van der Waals surface area (Å²) in [7, 11) is -4.12. The van der Waals surface area contributed by atoms with E-state index in [4.69, 9.17) is 5.14 Å². The fraction of sp³-hybridized carbons (Fsp3) is 0.294. The van der Waals surface area contributed by atoms with Crippen molar-refractivity contribution < 1.29 is 28.8 Å². The molecule has 1 aliphatic heterocycles. The van der Waals surface area contributed by atoms with Gasteiger partial charge in [-0.25, -0.2) is 13.6 Å². The zero-order valence-corrected chi connectivity index (χ0v) is 15.8. The maximum absolute atomic E-state index is 11.6. The molecule has 8 nitrogen and oxygen atoms in total. The topological polar surface area (TPSA) is 153 Å². The fourth-order valence-corrected chi connectivity index (χ4v) is 4.06. The minimum atomic E-state index is -4.12. The van der Waals surface area contributed by atoms with Crippen LogP contribution in [-0.4, -0.2) is 41.9 Å². The van der Waals surface area contributed by atoms with Crippen LogP contribution in [0.3, 0.4) is 0 Å². The third kappa shape index (κ3) is 4.22. The lowest BCUT2D eigenvalue weighted by atomic mass is 9.84. The number of rotatable bonds is 4. The zero-order valence-electron chi connectivity index (χ0n) is 14.2. The van der Waals surface area contributed by atoms with E-state index in [0.29, 0.717) is 13.1 Å². The Hall–Kier alpha value is -2.20. The van der Waals surface area contributed by atoms with E-state index in [0.717, 1.165) is 11.6 Å². The Morgan fingerprint density at radius 2 is 1.67 bits per heavy atom. The molecule has 0 saturated carbocycles. The first-order valence-corrected chi connectivity index (χ1v) is 9.52. The van der Waals surface area contributed by atoms with Crippen LogP contribution in [0.1, 0.15) is 17.0 Å². The van der Waals surface area contributed by atoms with Crippen LogP contribution in [0, 0.1) is 5.92 Å². The van der Waals surface area contributed by atoms with Crippen LogP contribution in [-0.2, 0) is 16.4 Å². The molecule has 0 aromatic heterocycles. The first-order chi connectivity index (χ1) is 12.2. The van der Waals surface area contributed by atoms with Crippen molar-refractivity contribution in [3.63, 3.8) is 0 Å². The molecule has 0 amide bonds. The fourth-order valence-electron chi connectivity index (χ4n) is 3.41. The number of nitrogens with one attached hydrogen (secondary N) is 1. The van der Waals surface area contributed by atoms with E-state index >= 15 is 0 Å². The van der Waals surface area contributed by atoms with Crippen molar-refractivity contribution in [3.05, 3.63) is 41.5 Å². The van der Waals surface area contributed by atoms with Gasteiger partial charge in [0.2, 0.25) is 10.0 Å². The molecule has 0 spiro atoms. The van der Waals surface area contributed by atoms with Crippen LogP contribution in [0.15, 0.2) is 35.2 Å². The number of halogens is 1. The van der Waals surface area contributed by atoms with Crippen molar-refractivity contribution in [3.8, 4) is 23.0 Å². The van der Waals surface area contributed by atoms with Gasteiger partial charge in [-0.2, -0.15) is 0 Å². The van der Waals surface area contributed by atoms with Gasteiger partial charge in [-0.3, -0.25) is 0 Å². The number of phenols is 4. The number of phenolic OH excluding ortho intramolecular Hbond substituents is 4. The molecule has 2 unspecified atom stereocenters. The van der Waals surface area contributed by atoms with Gasteiger partial charge >= 0.3 is 0 Å². The number of hydrogen-bond donors (Lipinski definition) is 6. The molecular weight excluding hydrogens is 396 g/mol. The summed E-state index contributed by atoms with van der Waals surface area (Å²) >= 11 is 0. The molecule has 0 aliphatic carbocycles. The summed E-state index contributed by atoms with van der Waals surface area (Å²) in [5, 5.41) is 47.9. The molecule has 1 aliphatic rings. The average Bonchev–Trinajstić information content (AvgIpc) is 3.01. The molecule has 2 aromatic rings. The Morgan fingerprint density at radius 1 is 1.00 bits per heavy atom.